The van der Waals surface area contributed by atoms with E-state index in [0.717, 1.165) is 28.2 Å². The minimum Gasteiger partial charge on any atom is -0.462 e. The number of benzene rings is 2. The van der Waals surface area contributed by atoms with Crippen molar-refractivity contribution in [1.29, 1.82) is 0 Å². The Morgan fingerprint density at radius 2 is 1.79 bits per heavy atom. The number of rotatable bonds is 11. The van der Waals surface area contributed by atoms with Gasteiger partial charge in [0.05, 0.1) is 13.2 Å². The summed E-state index contributed by atoms with van der Waals surface area (Å²) in [5.74, 6) is 1.25. The predicted octanol–water partition coefficient (Wildman–Crippen LogP) is 7.36. The predicted molar refractivity (Wildman–Crippen MR) is 136 cm³/mol. The molecule has 1 aliphatic carbocycles. The van der Waals surface area contributed by atoms with Gasteiger partial charge < -0.3 is 9.84 Å². The summed E-state index contributed by atoms with van der Waals surface area (Å²) in [5.41, 5.74) is 6.10. The molecule has 0 saturated heterocycles. The molecule has 0 unspecified atom stereocenters. The molecule has 0 radical (unpaired) electrons. The number of esters is 1. The highest BCUT2D eigenvalue weighted by atomic mass is 16.5. The van der Waals surface area contributed by atoms with E-state index >= 15 is 0 Å². The summed E-state index contributed by atoms with van der Waals surface area (Å²) < 4.78 is 5.31. The van der Waals surface area contributed by atoms with E-state index in [1.807, 2.05) is 12.1 Å². The van der Waals surface area contributed by atoms with Crippen LogP contribution in [-0.4, -0.2) is 17.7 Å². The van der Waals surface area contributed by atoms with E-state index in [-0.39, 0.29) is 12.6 Å². The maximum atomic E-state index is 11.7. The summed E-state index contributed by atoms with van der Waals surface area (Å²) in [5, 5.41) is 9.57. The summed E-state index contributed by atoms with van der Waals surface area (Å²) in [6.45, 7) is 7.86. The molecule has 3 rings (SSSR count). The monoisotopic (exact) mass is 448 g/mol. The lowest BCUT2D eigenvalue weighted by Gasteiger charge is -2.29. The maximum absolute atomic E-state index is 11.7. The van der Waals surface area contributed by atoms with Gasteiger partial charge in [-0.25, -0.2) is 4.79 Å². The average molecular weight is 449 g/mol. The molecule has 3 nitrogen and oxygen atoms in total. The molecule has 0 spiro atoms. The Hall–Kier alpha value is -2.39. The van der Waals surface area contributed by atoms with Crippen LogP contribution in [0.3, 0.4) is 0 Å². The number of hydrogen-bond acceptors (Lipinski definition) is 3. The second-order valence-corrected chi connectivity index (χ2v) is 9.65. The van der Waals surface area contributed by atoms with Crippen LogP contribution in [0.4, 0.5) is 0 Å². The smallest absolute Gasteiger partial charge is 0.333 e. The highest BCUT2D eigenvalue weighted by Crippen LogP contribution is 2.38. The number of aliphatic hydroxyl groups is 1. The molecule has 2 aromatic rings. The van der Waals surface area contributed by atoms with Crippen molar-refractivity contribution in [2.24, 2.45) is 5.92 Å². The van der Waals surface area contributed by atoms with Crippen molar-refractivity contribution in [3.05, 3.63) is 71.3 Å². The third-order valence-corrected chi connectivity index (χ3v) is 7.06. The Balaban J connectivity index is 1.65. The first-order valence-electron chi connectivity index (χ1n) is 12.7. The highest BCUT2D eigenvalue weighted by Gasteiger charge is 2.22. The van der Waals surface area contributed by atoms with E-state index in [4.69, 9.17) is 4.74 Å². The summed E-state index contributed by atoms with van der Waals surface area (Å²) in [7, 11) is 0. The molecule has 0 amide bonds. The van der Waals surface area contributed by atoms with Gasteiger partial charge in [-0.05, 0) is 72.3 Å². The van der Waals surface area contributed by atoms with Crippen LogP contribution < -0.4 is 0 Å². The number of hydrogen-bond donors (Lipinski definition) is 1. The second-order valence-electron chi connectivity index (χ2n) is 9.65. The van der Waals surface area contributed by atoms with E-state index in [2.05, 4.69) is 43.8 Å². The van der Waals surface area contributed by atoms with Crippen molar-refractivity contribution in [2.45, 2.75) is 84.2 Å². The quantitative estimate of drug-likeness (QED) is 0.222. The summed E-state index contributed by atoms with van der Waals surface area (Å²) in [4.78, 5) is 11.7. The van der Waals surface area contributed by atoms with Gasteiger partial charge in [0.25, 0.3) is 0 Å². The van der Waals surface area contributed by atoms with Gasteiger partial charge in [-0.1, -0.05) is 81.7 Å². The molecular weight excluding hydrogens is 408 g/mol. The van der Waals surface area contributed by atoms with Gasteiger partial charge in [0.15, 0.2) is 0 Å². The SMILES string of the molecule is C=C(C)C(=O)OCCc1cc(CO)ccc1-c1ccc(C2CCC(CCCCC)CC2)cc1. The van der Waals surface area contributed by atoms with Crippen molar-refractivity contribution in [3.8, 4) is 11.1 Å². The van der Waals surface area contributed by atoms with Crippen molar-refractivity contribution < 1.29 is 14.6 Å². The standard InChI is InChI=1S/C30H40O3/c1-4-5-6-7-23-8-11-25(12-9-23)26-13-15-27(16-14-26)29-17-10-24(21-31)20-28(29)18-19-33-30(32)22(2)3/h10,13-17,20,23,25,31H,2,4-9,11-12,18-19,21H2,1,3H3. The average Bonchev–Trinajstić information content (AvgIpc) is 2.84. The number of aliphatic hydroxyl groups excluding tert-OH is 1. The molecule has 1 fully saturated rings. The van der Waals surface area contributed by atoms with Gasteiger partial charge in [-0.15, -0.1) is 0 Å². The van der Waals surface area contributed by atoms with Gasteiger partial charge in [0.1, 0.15) is 0 Å². The van der Waals surface area contributed by atoms with Crippen LogP contribution >= 0.6 is 0 Å². The summed E-state index contributed by atoms with van der Waals surface area (Å²) >= 11 is 0. The number of carbonyl (C=O) groups is 1. The zero-order valence-corrected chi connectivity index (χ0v) is 20.4. The van der Waals surface area contributed by atoms with Crippen molar-refractivity contribution in [1.82, 2.24) is 0 Å². The largest absolute Gasteiger partial charge is 0.462 e. The molecule has 1 aliphatic rings. The lowest BCUT2D eigenvalue weighted by Crippen LogP contribution is -2.13. The second kappa shape index (κ2) is 12.7. The highest BCUT2D eigenvalue weighted by molar-refractivity contribution is 5.86. The van der Waals surface area contributed by atoms with Crippen LogP contribution in [0.2, 0.25) is 0 Å². The fraction of sp³-hybridized carbons (Fsp3) is 0.500. The molecule has 1 N–H and O–H groups in total. The van der Waals surface area contributed by atoms with Crippen molar-refractivity contribution in [2.75, 3.05) is 6.61 Å². The number of carbonyl (C=O) groups excluding carboxylic acids is 1. The first-order chi connectivity index (χ1) is 16.0. The molecule has 0 heterocycles. The third kappa shape index (κ3) is 7.30. The summed E-state index contributed by atoms with van der Waals surface area (Å²) in [6.07, 6.45) is 11.4. The van der Waals surface area contributed by atoms with E-state index < -0.39 is 0 Å². The fourth-order valence-corrected chi connectivity index (χ4v) is 5.01. The number of ether oxygens (including phenoxy) is 1. The van der Waals surface area contributed by atoms with Crippen LogP contribution in [0, 0.1) is 5.92 Å². The van der Waals surface area contributed by atoms with Gasteiger partial charge in [0.2, 0.25) is 0 Å². The molecule has 2 aromatic carbocycles. The summed E-state index contributed by atoms with van der Waals surface area (Å²) in [6, 6.07) is 15.1. The first-order valence-corrected chi connectivity index (χ1v) is 12.7. The fourth-order valence-electron chi connectivity index (χ4n) is 5.01. The zero-order chi connectivity index (χ0) is 23.6. The molecular formula is C30H40O3. The van der Waals surface area contributed by atoms with Crippen molar-refractivity contribution >= 4 is 5.97 Å². The topological polar surface area (TPSA) is 46.5 Å². The van der Waals surface area contributed by atoms with Gasteiger partial charge in [-0.3, -0.25) is 0 Å². The van der Waals surface area contributed by atoms with Gasteiger partial charge in [-0.2, -0.15) is 0 Å². The van der Waals surface area contributed by atoms with Gasteiger partial charge in [0, 0.05) is 12.0 Å². The molecule has 0 aromatic heterocycles. The van der Waals surface area contributed by atoms with Crippen LogP contribution in [0.1, 0.15) is 87.8 Å². The molecule has 178 valence electrons. The van der Waals surface area contributed by atoms with Crippen LogP contribution in [0.15, 0.2) is 54.6 Å². The number of unbranched alkanes of at least 4 members (excludes halogenated alkanes) is 2. The molecule has 0 aliphatic heterocycles. The Kier molecular flexibility index (Phi) is 9.75. The van der Waals surface area contributed by atoms with Crippen LogP contribution in [0.25, 0.3) is 11.1 Å². The minimum absolute atomic E-state index is 0.00110. The molecule has 1 saturated carbocycles. The molecule has 0 atom stereocenters. The van der Waals surface area contributed by atoms with E-state index in [1.54, 1.807) is 6.92 Å². The zero-order valence-electron chi connectivity index (χ0n) is 20.4. The lowest BCUT2D eigenvalue weighted by atomic mass is 9.77. The Bertz CT molecular complexity index is 905. The van der Waals surface area contributed by atoms with E-state index in [1.165, 1.54) is 56.9 Å². The Morgan fingerprint density at radius 1 is 1.06 bits per heavy atom. The molecule has 3 heteroatoms. The molecule has 33 heavy (non-hydrogen) atoms. The third-order valence-electron chi connectivity index (χ3n) is 7.06. The van der Waals surface area contributed by atoms with Crippen LogP contribution in [-0.2, 0) is 22.6 Å². The maximum Gasteiger partial charge on any atom is 0.333 e. The normalized spacial score (nSPS) is 18.2. The Morgan fingerprint density at radius 3 is 2.42 bits per heavy atom. The Labute approximate surface area is 199 Å². The minimum atomic E-state index is -0.362. The lowest BCUT2D eigenvalue weighted by molar-refractivity contribution is -0.138. The van der Waals surface area contributed by atoms with E-state index in [9.17, 15) is 9.90 Å². The first kappa shape index (κ1) is 25.2. The van der Waals surface area contributed by atoms with Crippen LogP contribution in [0.5, 0.6) is 0 Å². The molecule has 0 bridgehead atoms. The van der Waals surface area contributed by atoms with Crippen molar-refractivity contribution in [3.63, 3.8) is 0 Å². The van der Waals surface area contributed by atoms with Gasteiger partial charge >= 0.3 is 5.97 Å². The van der Waals surface area contributed by atoms with E-state index in [0.29, 0.717) is 24.5 Å².